The van der Waals surface area contributed by atoms with Crippen LogP contribution in [0.2, 0.25) is 5.02 Å². The predicted octanol–water partition coefficient (Wildman–Crippen LogP) is 5.16. The fraction of sp³-hybridized carbons (Fsp3) is 0.150. The molecule has 1 amide bonds. The Balaban J connectivity index is 1.66. The average molecular weight is 433 g/mol. The number of para-hydroxylation sites is 1. The van der Waals surface area contributed by atoms with Crippen molar-refractivity contribution in [2.24, 2.45) is 0 Å². The van der Waals surface area contributed by atoms with E-state index >= 15 is 0 Å². The van der Waals surface area contributed by atoms with Gasteiger partial charge in [0.2, 0.25) is 0 Å². The Hall–Kier alpha value is -2.84. The summed E-state index contributed by atoms with van der Waals surface area (Å²) in [6, 6.07) is 8.53. The maximum atomic E-state index is 13.7. The number of amides is 1. The summed E-state index contributed by atoms with van der Waals surface area (Å²) in [5.74, 6) is -2.52. The molecule has 148 valence electrons. The van der Waals surface area contributed by atoms with Gasteiger partial charge in [-0.3, -0.25) is 9.69 Å². The molecule has 0 saturated carbocycles. The molecule has 0 bridgehead atoms. The van der Waals surface area contributed by atoms with Crippen LogP contribution in [0.1, 0.15) is 16.8 Å². The number of halogens is 3. The van der Waals surface area contributed by atoms with Crippen molar-refractivity contribution < 1.29 is 13.6 Å². The van der Waals surface area contributed by atoms with Crippen LogP contribution in [0.15, 0.2) is 55.1 Å². The van der Waals surface area contributed by atoms with E-state index in [1.807, 2.05) is 22.9 Å². The SMILES string of the molecule is O=C(c1ccc(F)c(F)c1)N(CCCn1ccnc1)c1nc2c(Cl)cccc2s1. The van der Waals surface area contributed by atoms with Crippen LogP contribution in [0.3, 0.4) is 0 Å². The number of thiazole rings is 1. The van der Waals surface area contributed by atoms with E-state index in [1.54, 1.807) is 18.6 Å². The molecule has 2 aromatic heterocycles. The fourth-order valence-corrected chi connectivity index (χ4v) is 4.21. The second-order valence-corrected chi connectivity index (χ2v) is 7.74. The van der Waals surface area contributed by atoms with Crippen molar-refractivity contribution >= 4 is 44.2 Å². The van der Waals surface area contributed by atoms with Crippen molar-refractivity contribution in [3.05, 3.63) is 77.3 Å². The Morgan fingerprint density at radius 2 is 2.07 bits per heavy atom. The summed E-state index contributed by atoms with van der Waals surface area (Å²) >= 11 is 7.54. The van der Waals surface area contributed by atoms with Gasteiger partial charge in [-0.1, -0.05) is 29.0 Å². The average Bonchev–Trinajstić information content (AvgIpc) is 3.37. The number of fused-ring (bicyclic) bond motifs is 1. The maximum Gasteiger partial charge on any atom is 0.260 e. The first-order chi connectivity index (χ1) is 14.0. The van der Waals surface area contributed by atoms with Gasteiger partial charge in [0.25, 0.3) is 5.91 Å². The standard InChI is InChI=1S/C20H15ClF2N4OS/c21-14-3-1-4-17-18(14)25-20(29-17)27(9-2-8-26-10-7-24-12-26)19(28)13-5-6-15(22)16(23)11-13/h1,3-7,10-12H,2,8-9H2. The van der Waals surface area contributed by atoms with Crippen LogP contribution in [-0.4, -0.2) is 27.0 Å². The Labute approximate surface area is 174 Å². The fourth-order valence-electron chi connectivity index (χ4n) is 2.92. The van der Waals surface area contributed by atoms with Gasteiger partial charge < -0.3 is 4.57 Å². The molecule has 0 unspecified atom stereocenters. The highest BCUT2D eigenvalue weighted by atomic mass is 35.5. The highest BCUT2D eigenvalue weighted by Gasteiger charge is 2.22. The number of imidazole rings is 1. The minimum Gasteiger partial charge on any atom is -0.337 e. The lowest BCUT2D eigenvalue weighted by Gasteiger charge is -2.20. The first-order valence-electron chi connectivity index (χ1n) is 8.80. The minimum absolute atomic E-state index is 0.0527. The summed E-state index contributed by atoms with van der Waals surface area (Å²) in [6.07, 6.45) is 5.83. The summed E-state index contributed by atoms with van der Waals surface area (Å²) in [4.78, 5) is 23.1. The number of nitrogens with zero attached hydrogens (tertiary/aromatic N) is 4. The number of carbonyl (C=O) groups excluding carboxylic acids is 1. The van der Waals surface area contributed by atoms with E-state index in [-0.39, 0.29) is 5.56 Å². The second-order valence-electron chi connectivity index (χ2n) is 6.32. The van der Waals surface area contributed by atoms with Gasteiger partial charge in [-0.15, -0.1) is 0 Å². The Morgan fingerprint density at radius 1 is 1.21 bits per heavy atom. The highest BCUT2D eigenvalue weighted by molar-refractivity contribution is 7.22. The molecule has 5 nitrogen and oxygen atoms in total. The molecule has 0 N–H and O–H groups in total. The van der Waals surface area contributed by atoms with Crippen LogP contribution in [0.25, 0.3) is 10.2 Å². The number of aryl methyl sites for hydroxylation is 1. The van der Waals surface area contributed by atoms with Crippen LogP contribution in [-0.2, 0) is 6.54 Å². The van der Waals surface area contributed by atoms with Gasteiger partial charge in [0, 0.05) is 31.0 Å². The number of anilines is 1. The monoisotopic (exact) mass is 432 g/mol. The van der Waals surface area contributed by atoms with Crippen molar-refractivity contribution in [3.63, 3.8) is 0 Å². The van der Waals surface area contributed by atoms with Crippen LogP contribution in [0, 0.1) is 11.6 Å². The Bertz CT molecular complexity index is 1160. The summed E-state index contributed by atoms with van der Waals surface area (Å²) in [5, 5.41) is 0.942. The van der Waals surface area contributed by atoms with Crippen LogP contribution < -0.4 is 4.90 Å². The summed E-state index contributed by atoms with van der Waals surface area (Å²) < 4.78 is 29.7. The number of benzene rings is 2. The van der Waals surface area contributed by atoms with E-state index in [0.717, 1.165) is 16.8 Å². The lowest BCUT2D eigenvalue weighted by Crippen LogP contribution is -2.32. The molecule has 2 heterocycles. The lowest BCUT2D eigenvalue weighted by molar-refractivity contribution is 0.0985. The summed E-state index contributed by atoms with van der Waals surface area (Å²) in [7, 11) is 0. The highest BCUT2D eigenvalue weighted by Crippen LogP contribution is 2.33. The third-order valence-corrected chi connectivity index (χ3v) is 5.71. The first-order valence-corrected chi connectivity index (χ1v) is 10.00. The normalized spacial score (nSPS) is 11.1. The number of rotatable bonds is 6. The van der Waals surface area contributed by atoms with Crippen LogP contribution in [0.5, 0.6) is 0 Å². The van der Waals surface area contributed by atoms with E-state index < -0.39 is 17.5 Å². The number of carbonyl (C=O) groups is 1. The molecule has 0 spiro atoms. The molecule has 0 aliphatic rings. The van der Waals surface area contributed by atoms with Gasteiger partial charge in [0.15, 0.2) is 16.8 Å². The topological polar surface area (TPSA) is 51.0 Å². The Morgan fingerprint density at radius 3 is 2.79 bits per heavy atom. The van der Waals surface area contributed by atoms with Crippen molar-refractivity contribution in [1.82, 2.24) is 14.5 Å². The van der Waals surface area contributed by atoms with Crippen molar-refractivity contribution in [3.8, 4) is 0 Å². The minimum atomic E-state index is -1.07. The molecule has 4 aromatic rings. The van der Waals surface area contributed by atoms with Crippen LogP contribution in [0.4, 0.5) is 13.9 Å². The van der Waals surface area contributed by atoms with Gasteiger partial charge in [-0.05, 0) is 36.8 Å². The number of hydrogen-bond acceptors (Lipinski definition) is 4. The zero-order chi connectivity index (χ0) is 20.4. The molecule has 2 aromatic carbocycles. The molecule has 0 aliphatic heterocycles. The quantitative estimate of drug-likeness (QED) is 0.423. The lowest BCUT2D eigenvalue weighted by atomic mass is 10.2. The largest absolute Gasteiger partial charge is 0.337 e. The summed E-state index contributed by atoms with van der Waals surface area (Å²) in [5.41, 5.74) is 0.656. The molecular weight excluding hydrogens is 418 g/mol. The van der Waals surface area contributed by atoms with E-state index in [2.05, 4.69) is 9.97 Å². The molecule has 0 aliphatic carbocycles. The van der Waals surface area contributed by atoms with Gasteiger partial charge in [-0.25, -0.2) is 18.7 Å². The Kier molecular flexibility index (Phi) is 5.55. The second kappa shape index (κ2) is 8.26. The van der Waals surface area contributed by atoms with E-state index in [4.69, 9.17) is 11.6 Å². The molecule has 0 fully saturated rings. The van der Waals surface area contributed by atoms with Crippen LogP contribution >= 0.6 is 22.9 Å². The number of aromatic nitrogens is 3. The van der Waals surface area contributed by atoms with Crippen molar-refractivity contribution in [2.75, 3.05) is 11.4 Å². The predicted molar refractivity (Wildman–Crippen MR) is 110 cm³/mol. The smallest absolute Gasteiger partial charge is 0.260 e. The summed E-state index contributed by atoms with van der Waals surface area (Å²) in [6.45, 7) is 0.987. The van der Waals surface area contributed by atoms with Gasteiger partial charge >= 0.3 is 0 Å². The zero-order valence-corrected chi connectivity index (χ0v) is 16.6. The first kappa shape index (κ1) is 19.5. The molecule has 4 rings (SSSR count). The third-order valence-electron chi connectivity index (χ3n) is 4.36. The molecule has 0 radical (unpaired) electrons. The molecule has 0 saturated heterocycles. The van der Waals surface area contributed by atoms with Crippen molar-refractivity contribution in [2.45, 2.75) is 13.0 Å². The molecule has 0 atom stereocenters. The van der Waals surface area contributed by atoms with Crippen molar-refractivity contribution in [1.29, 1.82) is 0 Å². The molecular formula is C20H15ClF2N4OS. The van der Waals surface area contributed by atoms with E-state index in [0.29, 0.717) is 35.2 Å². The maximum absolute atomic E-state index is 13.7. The number of hydrogen-bond donors (Lipinski definition) is 0. The van der Waals surface area contributed by atoms with E-state index in [9.17, 15) is 13.6 Å². The van der Waals surface area contributed by atoms with Gasteiger partial charge in [0.05, 0.1) is 16.0 Å². The molecule has 29 heavy (non-hydrogen) atoms. The van der Waals surface area contributed by atoms with Gasteiger partial charge in [-0.2, -0.15) is 0 Å². The zero-order valence-electron chi connectivity index (χ0n) is 15.1. The van der Waals surface area contributed by atoms with E-state index in [1.165, 1.54) is 22.3 Å². The van der Waals surface area contributed by atoms with Gasteiger partial charge in [0.1, 0.15) is 5.52 Å². The molecule has 9 heteroatoms. The third kappa shape index (κ3) is 4.13.